The highest BCUT2D eigenvalue weighted by Crippen LogP contribution is 2.21. The monoisotopic (exact) mass is 405 g/mol. The molecule has 26 heavy (non-hydrogen) atoms. The highest BCUT2D eigenvalue weighted by molar-refractivity contribution is 6.35. The third kappa shape index (κ3) is 7.23. The summed E-state index contributed by atoms with van der Waals surface area (Å²) >= 11 is 11.8. The lowest BCUT2D eigenvalue weighted by atomic mass is 10.1. The number of benzene rings is 2. The van der Waals surface area contributed by atoms with Crippen LogP contribution in [0.25, 0.3) is 0 Å². The smallest absolute Gasteiger partial charge is 0.367 e. The Kier molecular flexibility index (Phi) is 7.32. The molecule has 0 saturated heterocycles. The second-order valence-electron chi connectivity index (χ2n) is 5.61. The molecule has 2 aromatic carbocycles. The van der Waals surface area contributed by atoms with E-state index in [4.69, 9.17) is 23.2 Å². The van der Waals surface area contributed by atoms with Crippen LogP contribution in [0.4, 0.5) is 13.2 Å². The number of halogens is 5. The van der Waals surface area contributed by atoms with E-state index in [0.717, 1.165) is 5.56 Å². The molecule has 0 radical (unpaired) electrons. The second kappa shape index (κ2) is 9.26. The number of alkyl halides is 3. The summed E-state index contributed by atoms with van der Waals surface area (Å²) in [6.45, 7) is -1.10. The molecule has 8 heteroatoms. The van der Waals surface area contributed by atoms with Gasteiger partial charge in [0.05, 0.1) is 13.0 Å². The molecule has 2 aromatic rings. The Balaban J connectivity index is 1.79. The molecule has 0 bridgehead atoms. The Hall–Kier alpha value is -1.76. The second-order valence-corrected chi connectivity index (χ2v) is 6.46. The van der Waals surface area contributed by atoms with Crippen molar-refractivity contribution in [3.63, 3.8) is 0 Å². The van der Waals surface area contributed by atoms with Crippen LogP contribution < -0.4 is 5.32 Å². The Morgan fingerprint density at radius 2 is 1.69 bits per heavy atom. The summed E-state index contributed by atoms with van der Waals surface area (Å²) in [5.74, 6) is -0.202. The number of ether oxygens (including phenoxy) is 1. The number of carbonyl (C=O) groups is 1. The van der Waals surface area contributed by atoms with Crippen molar-refractivity contribution in [2.75, 3.05) is 6.61 Å². The molecular formula is C18H16Cl2F3NO2. The van der Waals surface area contributed by atoms with Crippen molar-refractivity contribution in [1.29, 1.82) is 0 Å². The van der Waals surface area contributed by atoms with Gasteiger partial charge in [0.2, 0.25) is 5.91 Å². The molecule has 0 saturated carbocycles. The van der Waals surface area contributed by atoms with Gasteiger partial charge in [-0.25, -0.2) is 0 Å². The van der Waals surface area contributed by atoms with E-state index in [1.807, 2.05) is 0 Å². The predicted molar refractivity (Wildman–Crippen MR) is 94.2 cm³/mol. The summed E-state index contributed by atoms with van der Waals surface area (Å²) in [5, 5.41) is 3.69. The van der Waals surface area contributed by atoms with Crippen LogP contribution in [0, 0.1) is 0 Å². The zero-order valence-electron chi connectivity index (χ0n) is 13.6. The van der Waals surface area contributed by atoms with Crippen LogP contribution in [0.5, 0.6) is 0 Å². The molecule has 0 aromatic heterocycles. The molecule has 0 atom stereocenters. The molecule has 0 aliphatic heterocycles. The Bertz CT molecular complexity index is 749. The zero-order valence-corrected chi connectivity index (χ0v) is 15.1. The van der Waals surface area contributed by atoms with Gasteiger partial charge in [0, 0.05) is 16.6 Å². The third-order valence-corrected chi connectivity index (χ3v) is 4.00. The maximum absolute atomic E-state index is 12.0. The van der Waals surface area contributed by atoms with Gasteiger partial charge < -0.3 is 10.1 Å². The van der Waals surface area contributed by atoms with Crippen molar-refractivity contribution in [3.05, 3.63) is 69.2 Å². The first-order chi connectivity index (χ1) is 12.2. The molecule has 1 amide bonds. The maximum Gasteiger partial charge on any atom is 0.411 e. The minimum atomic E-state index is -4.34. The van der Waals surface area contributed by atoms with Gasteiger partial charge in [-0.15, -0.1) is 0 Å². The van der Waals surface area contributed by atoms with Crippen molar-refractivity contribution in [2.24, 2.45) is 0 Å². The van der Waals surface area contributed by atoms with Gasteiger partial charge in [-0.05, 0) is 28.8 Å². The quantitative estimate of drug-likeness (QED) is 0.708. The van der Waals surface area contributed by atoms with E-state index in [9.17, 15) is 18.0 Å². The van der Waals surface area contributed by atoms with E-state index in [1.165, 1.54) is 0 Å². The van der Waals surface area contributed by atoms with Gasteiger partial charge in [-0.3, -0.25) is 4.79 Å². The Morgan fingerprint density at radius 1 is 1.04 bits per heavy atom. The number of hydrogen-bond donors (Lipinski definition) is 1. The predicted octanol–water partition coefficient (Wildman–Crippen LogP) is 4.93. The zero-order chi connectivity index (χ0) is 19.2. The van der Waals surface area contributed by atoms with Crippen molar-refractivity contribution in [2.45, 2.75) is 25.7 Å². The Morgan fingerprint density at radius 3 is 2.31 bits per heavy atom. The van der Waals surface area contributed by atoms with Crippen LogP contribution in [0.2, 0.25) is 10.0 Å². The molecule has 2 rings (SSSR count). The van der Waals surface area contributed by atoms with E-state index in [-0.39, 0.29) is 18.9 Å². The third-order valence-electron chi connectivity index (χ3n) is 3.41. The van der Waals surface area contributed by atoms with Crippen molar-refractivity contribution in [1.82, 2.24) is 5.32 Å². The fraction of sp³-hybridized carbons (Fsp3) is 0.278. The highest BCUT2D eigenvalue weighted by atomic mass is 35.5. The van der Waals surface area contributed by atoms with Crippen LogP contribution >= 0.6 is 23.2 Å². The minimum Gasteiger partial charge on any atom is -0.367 e. The van der Waals surface area contributed by atoms with Gasteiger partial charge in [0.25, 0.3) is 0 Å². The summed E-state index contributed by atoms with van der Waals surface area (Å²) in [7, 11) is 0. The van der Waals surface area contributed by atoms with Crippen LogP contribution in [0.1, 0.15) is 16.7 Å². The number of hydrogen-bond acceptors (Lipinski definition) is 2. The number of amides is 1. The van der Waals surface area contributed by atoms with Gasteiger partial charge in [0.15, 0.2) is 0 Å². The van der Waals surface area contributed by atoms with E-state index in [0.29, 0.717) is 27.7 Å². The van der Waals surface area contributed by atoms with E-state index >= 15 is 0 Å². The van der Waals surface area contributed by atoms with E-state index in [1.54, 1.807) is 42.5 Å². The first-order valence-electron chi connectivity index (χ1n) is 7.66. The summed E-state index contributed by atoms with van der Waals surface area (Å²) < 4.78 is 40.6. The van der Waals surface area contributed by atoms with Gasteiger partial charge in [-0.2, -0.15) is 13.2 Å². The fourth-order valence-electron chi connectivity index (χ4n) is 2.14. The van der Waals surface area contributed by atoms with Crippen molar-refractivity contribution < 1.29 is 22.7 Å². The van der Waals surface area contributed by atoms with Crippen LogP contribution in [-0.2, 0) is 29.1 Å². The lowest BCUT2D eigenvalue weighted by Crippen LogP contribution is -2.24. The van der Waals surface area contributed by atoms with Crippen molar-refractivity contribution in [3.8, 4) is 0 Å². The van der Waals surface area contributed by atoms with E-state index in [2.05, 4.69) is 10.1 Å². The first kappa shape index (κ1) is 20.6. The first-order valence-corrected chi connectivity index (χ1v) is 8.41. The molecule has 3 nitrogen and oxygen atoms in total. The summed E-state index contributed by atoms with van der Waals surface area (Å²) in [6.07, 6.45) is -4.21. The Labute approximate surface area is 159 Å². The lowest BCUT2D eigenvalue weighted by Gasteiger charge is -2.09. The van der Waals surface area contributed by atoms with Gasteiger partial charge in [-0.1, -0.05) is 53.5 Å². The largest absolute Gasteiger partial charge is 0.411 e. The molecule has 140 valence electrons. The molecule has 0 spiro atoms. The van der Waals surface area contributed by atoms with Crippen LogP contribution in [0.15, 0.2) is 42.5 Å². The van der Waals surface area contributed by atoms with E-state index < -0.39 is 12.8 Å². The van der Waals surface area contributed by atoms with Crippen LogP contribution in [0.3, 0.4) is 0 Å². The molecule has 0 aliphatic carbocycles. The summed E-state index contributed by atoms with van der Waals surface area (Å²) in [5.41, 5.74) is 2.11. The normalized spacial score (nSPS) is 11.4. The lowest BCUT2D eigenvalue weighted by molar-refractivity contribution is -0.176. The molecule has 0 heterocycles. The van der Waals surface area contributed by atoms with Crippen LogP contribution in [-0.4, -0.2) is 18.7 Å². The minimum absolute atomic E-state index is 0.124. The summed E-state index contributed by atoms with van der Waals surface area (Å²) in [6, 6.07) is 11.7. The topological polar surface area (TPSA) is 38.3 Å². The number of rotatable bonds is 7. The fourth-order valence-corrected chi connectivity index (χ4v) is 2.61. The van der Waals surface area contributed by atoms with Gasteiger partial charge in [0.1, 0.15) is 6.61 Å². The molecule has 0 aliphatic rings. The maximum atomic E-state index is 12.0. The summed E-state index contributed by atoms with van der Waals surface area (Å²) in [4.78, 5) is 12.0. The molecule has 1 N–H and O–H groups in total. The average Bonchev–Trinajstić information content (AvgIpc) is 2.55. The molecular weight excluding hydrogens is 390 g/mol. The number of carbonyl (C=O) groups excluding carboxylic acids is 1. The SMILES string of the molecule is O=C(Cc1ccc(Cl)cc1Cl)NCc1ccc(COCC(F)(F)F)cc1. The number of nitrogens with one attached hydrogen (secondary N) is 1. The molecule has 0 unspecified atom stereocenters. The van der Waals surface area contributed by atoms with Crippen molar-refractivity contribution >= 4 is 29.1 Å². The average molecular weight is 406 g/mol. The molecule has 0 fully saturated rings. The standard InChI is InChI=1S/C18H16Cl2F3NO2/c19-15-6-5-14(16(20)8-15)7-17(25)24-9-12-1-3-13(4-2-12)10-26-11-18(21,22)23/h1-6,8H,7,9-11H2,(H,24,25). The van der Waals surface area contributed by atoms with Gasteiger partial charge >= 0.3 is 6.18 Å². The highest BCUT2D eigenvalue weighted by Gasteiger charge is 2.27.